The summed E-state index contributed by atoms with van der Waals surface area (Å²) in [7, 11) is 0. The largest absolute Gasteiger partial charge is 0.237 e. The highest BCUT2D eigenvalue weighted by molar-refractivity contribution is 6.34. The highest BCUT2D eigenvalue weighted by Gasteiger charge is 2.08. The van der Waals surface area contributed by atoms with Crippen LogP contribution in [0.3, 0.4) is 0 Å². The normalized spacial score (nSPS) is 10.1. The fraction of sp³-hybridized carbons (Fsp3) is 0.0909. The lowest BCUT2D eigenvalue weighted by molar-refractivity contribution is 0.847. The Labute approximate surface area is 103 Å². The molecule has 3 nitrogen and oxygen atoms in total. The van der Waals surface area contributed by atoms with E-state index in [1.54, 1.807) is 22.9 Å². The topological polar surface area (TPSA) is 41.6 Å². The summed E-state index contributed by atoms with van der Waals surface area (Å²) < 4.78 is 1.64. The van der Waals surface area contributed by atoms with Crippen molar-refractivity contribution in [2.75, 3.05) is 0 Å². The Kier molecular flexibility index (Phi) is 2.86. The molecule has 5 heteroatoms. The quantitative estimate of drug-likeness (QED) is 0.780. The Morgan fingerprint density at radius 1 is 1.25 bits per heavy atom. The lowest BCUT2D eigenvalue weighted by Gasteiger charge is -2.05. The Morgan fingerprint density at radius 2 is 1.88 bits per heavy atom. The van der Waals surface area contributed by atoms with E-state index in [0.29, 0.717) is 15.6 Å². The van der Waals surface area contributed by atoms with Gasteiger partial charge in [0.15, 0.2) is 0 Å². The van der Waals surface area contributed by atoms with Crippen LogP contribution in [-0.4, -0.2) is 9.78 Å². The molecule has 0 unspecified atom stereocenters. The Bertz CT molecular complexity index is 561. The summed E-state index contributed by atoms with van der Waals surface area (Å²) in [6.45, 7) is 1.82. The van der Waals surface area contributed by atoms with Crippen LogP contribution in [0.25, 0.3) is 5.69 Å². The van der Waals surface area contributed by atoms with Gasteiger partial charge in [-0.3, -0.25) is 0 Å². The summed E-state index contributed by atoms with van der Waals surface area (Å²) in [4.78, 5) is 0. The van der Waals surface area contributed by atoms with Crippen LogP contribution in [0.1, 0.15) is 11.3 Å². The van der Waals surface area contributed by atoms with Crippen molar-refractivity contribution >= 4 is 23.2 Å². The van der Waals surface area contributed by atoms with Crippen molar-refractivity contribution < 1.29 is 0 Å². The molecule has 16 heavy (non-hydrogen) atoms. The van der Waals surface area contributed by atoms with Crippen molar-refractivity contribution in [2.24, 2.45) is 0 Å². The third-order valence-corrected chi connectivity index (χ3v) is 2.66. The van der Waals surface area contributed by atoms with Crippen molar-refractivity contribution in [3.63, 3.8) is 0 Å². The summed E-state index contributed by atoms with van der Waals surface area (Å²) in [6.07, 6.45) is 1.52. The molecule has 0 N–H and O–H groups in total. The first-order valence-electron chi connectivity index (χ1n) is 4.53. The zero-order valence-electron chi connectivity index (χ0n) is 8.41. The SMILES string of the molecule is Cc1c(C#N)cnn1-c1cc(Cl)cc(Cl)c1. The van der Waals surface area contributed by atoms with Crippen LogP contribution in [0.5, 0.6) is 0 Å². The first kappa shape index (κ1) is 11.0. The molecule has 0 saturated carbocycles. The molecule has 0 aliphatic carbocycles. The predicted molar refractivity (Wildman–Crippen MR) is 63.0 cm³/mol. The van der Waals surface area contributed by atoms with Crippen LogP contribution >= 0.6 is 23.2 Å². The average Bonchev–Trinajstić information content (AvgIpc) is 2.58. The van der Waals surface area contributed by atoms with E-state index in [-0.39, 0.29) is 0 Å². The van der Waals surface area contributed by atoms with Gasteiger partial charge >= 0.3 is 0 Å². The summed E-state index contributed by atoms with van der Waals surface area (Å²) in [5.41, 5.74) is 2.05. The molecular formula is C11H7Cl2N3. The molecule has 0 aliphatic rings. The molecule has 0 fully saturated rings. The van der Waals surface area contributed by atoms with Crippen molar-refractivity contribution in [1.29, 1.82) is 5.26 Å². The third kappa shape index (κ3) is 1.90. The van der Waals surface area contributed by atoms with E-state index in [1.165, 1.54) is 6.20 Å². The van der Waals surface area contributed by atoms with Gasteiger partial charge in [0.05, 0.1) is 23.1 Å². The zero-order chi connectivity index (χ0) is 11.7. The van der Waals surface area contributed by atoms with Gasteiger partial charge in [-0.05, 0) is 25.1 Å². The second-order valence-corrected chi connectivity index (χ2v) is 4.17. The molecule has 0 spiro atoms. The molecule has 1 aromatic carbocycles. The minimum atomic E-state index is 0.538. The van der Waals surface area contributed by atoms with E-state index in [2.05, 4.69) is 11.2 Å². The third-order valence-electron chi connectivity index (χ3n) is 2.22. The van der Waals surface area contributed by atoms with Crippen molar-refractivity contribution in [1.82, 2.24) is 9.78 Å². The first-order chi connectivity index (χ1) is 7.61. The van der Waals surface area contributed by atoms with Gasteiger partial charge in [-0.2, -0.15) is 10.4 Å². The maximum atomic E-state index is 8.83. The second kappa shape index (κ2) is 4.17. The minimum absolute atomic E-state index is 0.538. The summed E-state index contributed by atoms with van der Waals surface area (Å²) in [5, 5.41) is 14.0. The van der Waals surface area contributed by atoms with Crippen LogP contribution in [0.2, 0.25) is 10.0 Å². The van der Waals surface area contributed by atoms with Crippen LogP contribution in [0, 0.1) is 18.3 Å². The van der Waals surface area contributed by atoms with E-state index in [4.69, 9.17) is 28.5 Å². The average molecular weight is 252 g/mol. The maximum absolute atomic E-state index is 8.83. The number of rotatable bonds is 1. The van der Waals surface area contributed by atoms with Gasteiger partial charge in [0.1, 0.15) is 6.07 Å². The summed E-state index contributed by atoms with van der Waals surface area (Å²) in [5.74, 6) is 0. The number of nitrogens with zero attached hydrogens (tertiary/aromatic N) is 3. The first-order valence-corrected chi connectivity index (χ1v) is 5.28. The Hall–Kier alpha value is -1.50. The van der Waals surface area contributed by atoms with Gasteiger partial charge in [0, 0.05) is 10.0 Å². The van der Waals surface area contributed by atoms with Crippen molar-refractivity contribution in [2.45, 2.75) is 6.92 Å². The van der Waals surface area contributed by atoms with Gasteiger partial charge in [0.25, 0.3) is 0 Å². The Balaban J connectivity index is 2.59. The molecule has 0 saturated heterocycles. The highest BCUT2D eigenvalue weighted by Crippen LogP contribution is 2.22. The number of benzene rings is 1. The number of hydrogen-bond donors (Lipinski definition) is 0. The van der Waals surface area contributed by atoms with Crippen LogP contribution in [0.4, 0.5) is 0 Å². The van der Waals surface area contributed by atoms with Gasteiger partial charge in [0.2, 0.25) is 0 Å². The number of hydrogen-bond acceptors (Lipinski definition) is 2. The number of nitriles is 1. The van der Waals surface area contributed by atoms with Gasteiger partial charge < -0.3 is 0 Å². The molecule has 0 amide bonds. The lowest BCUT2D eigenvalue weighted by atomic mass is 10.2. The molecule has 1 heterocycles. The van der Waals surface area contributed by atoms with Crippen molar-refractivity contribution in [3.8, 4) is 11.8 Å². The standard InChI is InChI=1S/C11H7Cl2N3/c1-7-8(5-14)6-15-16(7)11-3-9(12)2-10(13)4-11/h2-4,6H,1H3. The molecule has 2 rings (SSSR count). The summed E-state index contributed by atoms with van der Waals surface area (Å²) >= 11 is 11.8. The molecule has 0 atom stereocenters. The second-order valence-electron chi connectivity index (χ2n) is 3.29. The Morgan fingerprint density at radius 3 is 2.38 bits per heavy atom. The van der Waals surface area contributed by atoms with E-state index in [0.717, 1.165) is 11.4 Å². The zero-order valence-corrected chi connectivity index (χ0v) is 9.92. The molecule has 0 radical (unpaired) electrons. The van der Waals surface area contributed by atoms with Gasteiger partial charge in [-0.15, -0.1) is 0 Å². The number of aromatic nitrogens is 2. The fourth-order valence-electron chi connectivity index (χ4n) is 1.44. The number of halogens is 2. The molecule has 2 aromatic rings. The predicted octanol–water partition coefficient (Wildman–Crippen LogP) is 3.36. The fourth-order valence-corrected chi connectivity index (χ4v) is 1.96. The monoisotopic (exact) mass is 251 g/mol. The van der Waals surface area contributed by atoms with Crippen LogP contribution < -0.4 is 0 Å². The molecule has 1 aromatic heterocycles. The van der Waals surface area contributed by atoms with Gasteiger partial charge in [-0.1, -0.05) is 23.2 Å². The highest BCUT2D eigenvalue weighted by atomic mass is 35.5. The van der Waals surface area contributed by atoms with E-state index >= 15 is 0 Å². The molecule has 80 valence electrons. The van der Waals surface area contributed by atoms with Crippen LogP contribution in [-0.2, 0) is 0 Å². The van der Waals surface area contributed by atoms with Crippen LogP contribution in [0.15, 0.2) is 24.4 Å². The lowest BCUT2D eigenvalue weighted by Crippen LogP contribution is -1.98. The maximum Gasteiger partial charge on any atom is 0.103 e. The van der Waals surface area contributed by atoms with E-state index in [1.807, 2.05) is 6.92 Å². The summed E-state index contributed by atoms with van der Waals surface area (Å²) in [6, 6.07) is 7.20. The minimum Gasteiger partial charge on any atom is -0.237 e. The molecular weight excluding hydrogens is 245 g/mol. The van der Waals surface area contributed by atoms with Gasteiger partial charge in [-0.25, -0.2) is 4.68 Å². The smallest absolute Gasteiger partial charge is 0.103 e. The van der Waals surface area contributed by atoms with E-state index in [9.17, 15) is 0 Å². The molecule has 0 bridgehead atoms. The molecule has 0 aliphatic heterocycles. The van der Waals surface area contributed by atoms with Crippen molar-refractivity contribution in [3.05, 3.63) is 45.7 Å². The van der Waals surface area contributed by atoms with E-state index < -0.39 is 0 Å².